The van der Waals surface area contributed by atoms with Crippen molar-refractivity contribution >= 4 is 45.5 Å². The molecule has 19 heavy (non-hydrogen) atoms. The summed E-state index contributed by atoms with van der Waals surface area (Å²) in [5.41, 5.74) is 4.48. The summed E-state index contributed by atoms with van der Waals surface area (Å²) in [5, 5.41) is 9.01. The van der Waals surface area contributed by atoms with E-state index in [9.17, 15) is 14.4 Å². The van der Waals surface area contributed by atoms with Crippen LogP contribution in [0.4, 0.5) is 0 Å². The first kappa shape index (κ1) is 15.5. The molecule has 1 aromatic carbocycles. The predicted octanol–water partition coefficient (Wildman–Crippen LogP) is 1.41. The van der Waals surface area contributed by atoms with E-state index in [1.54, 1.807) is 12.1 Å². The molecule has 0 aliphatic rings. The second kappa shape index (κ2) is 7.15. The highest BCUT2D eigenvalue weighted by molar-refractivity contribution is 9.10. The number of hydrazine groups is 1. The van der Waals surface area contributed by atoms with Crippen molar-refractivity contribution in [2.24, 2.45) is 0 Å². The quantitative estimate of drug-likeness (QED) is 0.565. The Morgan fingerprint density at radius 3 is 2.58 bits per heavy atom. The first-order valence-electron chi connectivity index (χ1n) is 5.11. The van der Waals surface area contributed by atoms with Gasteiger partial charge in [0.1, 0.15) is 0 Å². The van der Waals surface area contributed by atoms with Crippen molar-refractivity contribution in [3.63, 3.8) is 0 Å². The Bertz CT molecular complexity index is 521. The average molecular weight is 347 g/mol. The van der Waals surface area contributed by atoms with Gasteiger partial charge in [-0.15, -0.1) is 11.8 Å². The number of hydrogen-bond acceptors (Lipinski definition) is 4. The lowest BCUT2D eigenvalue weighted by molar-refractivity contribution is -0.126. The summed E-state index contributed by atoms with van der Waals surface area (Å²) >= 11 is 4.31. The van der Waals surface area contributed by atoms with Crippen LogP contribution in [0.25, 0.3) is 0 Å². The van der Waals surface area contributed by atoms with Crippen LogP contribution in [0, 0.1) is 0 Å². The molecule has 0 unspecified atom stereocenters. The van der Waals surface area contributed by atoms with E-state index in [2.05, 4.69) is 26.8 Å². The fourth-order valence-electron chi connectivity index (χ4n) is 1.13. The molecule has 0 spiro atoms. The van der Waals surface area contributed by atoms with Crippen LogP contribution in [0.3, 0.4) is 0 Å². The van der Waals surface area contributed by atoms with Crippen molar-refractivity contribution in [1.82, 2.24) is 10.9 Å². The van der Waals surface area contributed by atoms with Crippen LogP contribution >= 0.6 is 27.7 Å². The van der Waals surface area contributed by atoms with Crippen LogP contribution in [0.2, 0.25) is 0 Å². The molecule has 102 valence electrons. The second-order valence-corrected chi connectivity index (χ2v) is 5.40. The Morgan fingerprint density at radius 2 is 2.00 bits per heavy atom. The molecule has 6 nitrogen and oxygen atoms in total. The Hall–Kier alpha value is -1.54. The van der Waals surface area contributed by atoms with Crippen molar-refractivity contribution < 1.29 is 19.5 Å². The third kappa shape index (κ3) is 5.31. The first-order valence-corrected chi connectivity index (χ1v) is 6.89. The van der Waals surface area contributed by atoms with Gasteiger partial charge in [-0.05, 0) is 18.2 Å². The maximum absolute atomic E-state index is 11.4. The van der Waals surface area contributed by atoms with Crippen LogP contribution < -0.4 is 10.9 Å². The van der Waals surface area contributed by atoms with Crippen LogP contribution in [0.5, 0.6) is 0 Å². The number of carboxylic acid groups (broad SMARTS) is 1. The van der Waals surface area contributed by atoms with E-state index >= 15 is 0 Å². The molecule has 1 rings (SSSR count). The molecule has 0 saturated carbocycles. The fourth-order valence-corrected chi connectivity index (χ4v) is 2.52. The minimum Gasteiger partial charge on any atom is -0.478 e. The molecular weight excluding hydrogens is 336 g/mol. The second-order valence-electron chi connectivity index (χ2n) is 3.46. The van der Waals surface area contributed by atoms with Gasteiger partial charge in [-0.25, -0.2) is 4.79 Å². The van der Waals surface area contributed by atoms with Gasteiger partial charge in [-0.3, -0.25) is 20.4 Å². The van der Waals surface area contributed by atoms with Gasteiger partial charge >= 0.3 is 5.97 Å². The minimum absolute atomic E-state index is 0.00296. The number of halogens is 1. The number of aromatic carboxylic acids is 1. The number of thioether (sulfide) groups is 1. The number of nitrogens with one attached hydrogen (secondary N) is 2. The highest BCUT2D eigenvalue weighted by atomic mass is 79.9. The molecule has 3 N–H and O–H groups in total. The van der Waals surface area contributed by atoms with Gasteiger partial charge < -0.3 is 5.11 Å². The number of benzene rings is 1. The summed E-state index contributed by atoms with van der Waals surface area (Å²) in [7, 11) is 0. The molecule has 0 saturated heterocycles. The van der Waals surface area contributed by atoms with E-state index in [1.807, 2.05) is 0 Å². The number of carbonyl (C=O) groups is 3. The maximum atomic E-state index is 11.4. The van der Waals surface area contributed by atoms with Gasteiger partial charge in [0.05, 0.1) is 11.3 Å². The predicted molar refractivity (Wildman–Crippen MR) is 73.8 cm³/mol. The zero-order valence-electron chi connectivity index (χ0n) is 9.90. The fraction of sp³-hybridized carbons (Fsp3) is 0.182. The van der Waals surface area contributed by atoms with Crippen LogP contribution in [0.1, 0.15) is 17.3 Å². The zero-order valence-corrected chi connectivity index (χ0v) is 12.3. The molecule has 0 bridgehead atoms. The minimum atomic E-state index is -1.06. The highest BCUT2D eigenvalue weighted by Crippen LogP contribution is 2.26. The van der Waals surface area contributed by atoms with Crippen LogP contribution in [0.15, 0.2) is 27.6 Å². The molecule has 0 aliphatic carbocycles. The molecule has 0 atom stereocenters. The SMILES string of the molecule is CC(=O)NNC(=O)CSc1cc(Br)ccc1C(=O)O. The summed E-state index contributed by atoms with van der Waals surface area (Å²) in [4.78, 5) is 33.5. The highest BCUT2D eigenvalue weighted by Gasteiger charge is 2.12. The topological polar surface area (TPSA) is 95.5 Å². The number of hydrogen-bond donors (Lipinski definition) is 3. The number of amides is 2. The molecule has 0 radical (unpaired) electrons. The van der Waals surface area contributed by atoms with Crippen molar-refractivity contribution in [3.8, 4) is 0 Å². The molecule has 0 heterocycles. The van der Waals surface area contributed by atoms with E-state index in [-0.39, 0.29) is 17.2 Å². The Morgan fingerprint density at radius 1 is 1.32 bits per heavy atom. The average Bonchev–Trinajstić information content (AvgIpc) is 2.33. The summed E-state index contributed by atoms with van der Waals surface area (Å²) in [6.07, 6.45) is 0. The lowest BCUT2D eigenvalue weighted by Gasteiger charge is -2.07. The maximum Gasteiger partial charge on any atom is 0.336 e. The van der Waals surface area contributed by atoms with Crippen LogP contribution in [-0.4, -0.2) is 28.6 Å². The van der Waals surface area contributed by atoms with Crippen molar-refractivity contribution in [1.29, 1.82) is 0 Å². The first-order chi connectivity index (χ1) is 8.90. The molecule has 2 amide bonds. The largest absolute Gasteiger partial charge is 0.478 e. The van der Waals surface area contributed by atoms with Gasteiger partial charge in [0, 0.05) is 16.3 Å². The summed E-state index contributed by atoms with van der Waals surface area (Å²) < 4.78 is 0.724. The Balaban J connectivity index is 2.66. The van der Waals surface area contributed by atoms with Gasteiger partial charge in [0.15, 0.2) is 0 Å². The standard InChI is InChI=1S/C11H11BrN2O4S/c1-6(15)13-14-10(16)5-19-9-4-7(12)2-3-8(9)11(17)18/h2-4H,5H2,1H3,(H,13,15)(H,14,16)(H,17,18). The van der Waals surface area contributed by atoms with Crippen molar-refractivity contribution in [2.45, 2.75) is 11.8 Å². The Kier molecular flexibility index (Phi) is 5.84. The summed E-state index contributed by atoms with van der Waals surface area (Å²) in [6, 6.07) is 4.70. The molecular formula is C11H11BrN2O4S. The van der Waals surface area contributed by atoms with Gasteiger partial charge in [-0.1, -0.05) is 15.9 Å². The van der Waals surface area contributed by atoms with Crippen molar-refractivity contribution in [2.75, 3.05) is 5.75 Å². The molecule has 1 aromatic rings. The van der Waals surface area contributed by atoms with E-state index in [0.29, 0.717) is 4.90 Å². The zero-order chi connectivity index (χ0) is 14.4. The monoisotopic (exact) mass is 346 g/mol. The van der Waals surface area contributed by atoms with E-state index in [4.69, 9.17) is 5.11 Å². The lowest BCUT2D eigenvalue weighted by Crippen LogP contribution is -2.41. The molecule has 0 aliphatic heterocycles. The number of carboxylic acids is 1. The molecule has 8 heteroatoms. The van der Waals surface area contributed by atoms with Gasteiger partial charge in [0.25, 0.3) is 0 Å². The number of carbonyl (C=O) groups excluding carboxylic acids is 2. The molecule has 0 fully saturated rings. The van der Waals surface area contributed by atoms with Gasteiger partial charge in [0.2, 0.25) is 11.8 Å². The van der Waals surface area contributed by atoms with E-state index in [0.717, 1.165) is 16.2 Å². The third-order valence-corrected chi connectivity index (χ3v) is 3.46. The van der Waals surface area contributed by atoms with Crippen LogP contribution in [-0.2, 0) is 9.59 Å². The third-order valence-electron chi connectivity index (χ3n) is 1.91. The number of rotatable bonds is 4. The lowest BCUT2D eigenvalue weighted by atomic mass is 10.2. The van der Waals surface area contributed by atoms with E-state index in [1.165, 1.54) is 13.0 Å². The Labute approximate surface area is 122 Å². The molecule has 0 aromatic heterocycles. The van der Waals surface area contributed by atoms with Gasteiger partial charge in [-0.2, -0.15) is 0 Å². The normalized spacial score (nSPS) is 9.79. The van der Waals surface area contributed by atoms with Crippen molar-refractivity contribution in [3.05, 3.63) is 28.2 Å². The summed E-state index contributed by atoms with van der Waals surface area (Å²) in [5.74, 6) is -1.86. The van der Waals surface area contributed by atoms with E-state index < -0.39 is 11.9 Å². The smallest absolute Gasteiger partial charge is 0.336 e. The summed E-state index contributed by atoms with van der Waals surface area (Å²) in [6.45, 7) is 1.27.